The summed E-state index contributed by atoms with van der Waals surface area (Å²) in [5, 5.41) is -0.0176. The number of likely N-dealkylation sites (tertiary alicyclic amines) is 2. The molecule has 2 fully saturated rings. The van der Waals surface area contributed by atoms with Crippen molar-refractivity contribution in [2.75, 3.05) is 32.7 Å². The molecule has 0 unspecified atom stereocenters. The van der Waals surface area contributed by atoms with Crippen LogP contribution in [0.25, 0.3) is 0 Å². The third-order valence-corrected chi connectivity index (χ3v) is 7.77. The molecule has 0 saturated carbocycles. The highest BCUT2D eigenvalue weighted by Crippen LogP contribution is 2.35. The summed E-state index contributed by atoms with van der Waals surface area (Å²) in [6.45, 7) is 8.80. The molecule has 8 nitrogen and oxygen atoms in total. The summed E-state index contributed by atoms with van der Waals surface area (Å²) in [6, 6.07) is 9.13. The fourth-order valence-electron chi connectivity index (χ4n) is 5.41. The lowest BCUT2D eigenvalue weighted by Gasteiger charge is -2.34. The molecular formula is C30H36ClF2N3O5. The van der Waals surface area contributed by atoms with Crippen LogP contribution in [0, 0.1) is 17.6 Å². The number of piperidine rings is 1. The minimum Gasteiger partial charge on any atom is -0.444 e. The summed E-state index contributed by atoms with van der Waals surface area (Å²) in [5.74, 6) is -1.61. The Morgan fingerprint density at radius 1 is 1.00 bits per heavy atom. The van der Waals surface area contributed by atoms with Gasteiger partial charge in [-0.2, -0.15) is 0 Å². The maximum Gasteiger partial charge on any atom is 0.415 e. The van der Waals surface area contributed by atoms with Crippen molar-refractivity contribution in [2.24, 2.45) is 5.92 Å². The average molecular weight is 592 g/mol. The van der Waals surface area contributed by atoms with Gasteiger partial charge in [0.1, 0.15) is 23.0 Å². The first-order chi connectivity index (χ1) is 19.4. The zero-order chi connectivity index (χ0) is 29.9. The Hall–Kier alpha value is -3.40. The standard InChI is InChI=1S/C30H36ClF2N3O5/c1-5-36(29(39)40-22-9-7-21(32)8-10-22)26-18-35(17-23(26)20-6-11-24(31)25(33)16-20)27(37)19-12-14-34(15-13-19)28(38)41-30(2,3)4/h6-11,16,19,23,26H,5,12-15,17-18H2,1-4H3/t23-,26+/m0/s1. The monoisotopic (exact) mass is 591 g/mol. The first-order valence-electron chi connectivity index (χ1n) is 13.8. The van der Waals surface area contributed by atoms with E-state index >= 15 is 0 Å². The molecule has 2 aliphatic heterocycles. The fraction of sp³-hybridized carbons (Fsp3) is 0.500. The smallest absolute Gasteiger partial charge is 0.415 e. The predicted molar refractivity (Wildman–Crippen MR) is 150 cm³/mol. The van der Waals surface area contributed by atoms with E-state index in [0.717, 1.165) is 0 Å². The minimum absolute atomic E-state index is 0.0176. The second-order valence-corrected chi connectivity index (χ2v) is 11.8. The third-order valence-electron chi connectivity index (χ3n) is 7.46. The lowest BCUT2D eigenvalue weighted by atomic mass is 9.93. The molecule has 222 valence electrons. The van der Waals surface area contributed by atoms with E-state index in [2.05, 4.69) is 0 Å². The minimum atomic E-state index is -0.650. The number of benzene rings is 2. The first kappa shape index (κ1) is 30.6. The van der Waals surface area contributed by atoms with Crippen LogP contribution >= 0.6 is 11.6 Å². The van der Waals surface area contributed by atoms with E-state index in [-0.39, 0.29) is 42.2 Å². The molecule has 4 rings (SSSR count). The average Bonchev–Trinajstić information content (AvgIpc) is 3.35. The zero-order valence-corrected chi connectivity index (χ0v) is 24.5. The number of carbonyl (C=O) groups excluding carboxylic acids is 3. The number of ether oxygens (including phenoxy) is 2. The molecule has 2 atom stereocenters. The van der Waals surface area contributed by atoms with Gasteiger partial charge < -0.3 is 24.2 Å². The number of carbonyl (C=O) groups is 3. The molecule has 2 aliphatic rings. The van der Waals surface area contributed by atoms with Gasteiger partial charge in [-0.1, -0.05) is 17.7 Å². The number of rotatable bonds is 5. The molecule has 2 aromatic carbocycles. The number of hydrogen-bond acceptors (Lipinski definition) is 5. The van der Waals surface area contributed by atoms with Gasteiger partial charge in [0.15, 0.2) is 0 Å². The molecule has 2 saturated heterocycles. The van der Waals surface area contributed by atoms with Crippen molar-refractivity contribution in [3.8, 4) is 5.75 Å². The van der Waals surface area contributed by atoms with E-state index in [1.807, 2.05) is 20.8 Å². The van der Waals surface area contributed by atoms with E-state index in [9.17, 15) is 23.2 Å². The van der Waals surface area contributed by atoms with Gasteiger partial charge in [0, 0.05) is 44.6 Å². The molecule has 0 aromatic heterocycles. The van der Waals surface area contributed by atoms with Crippen molar-refractivity contribution in [1.82, 2.24) is 14.7 Å². The fourth-order valence-corrected chi connectivity index (χ4v) is 5.53. The van der Waals surface area contributed by atoms with Crippen LogP contribution in [0.2, 0.25) is 5.02 Å². The Morgan fingerprint density at radius 3 is 2.24 bits per heavy atom. The highest BCUT2D eigenvalue weighted by atomic mass is 35.5. The number of hydrogen-bond donors (Lipinski definition) is 0. The van der Waals surface area contributed by atoms with Gasteiger partial charge in [0.25, 0.3) is 0 Å². The van der Waals surface area contributed by atoms with Crippen LogP contribution in [0.5, 0.6) is 5.75 Å². The third kappa shape index (κ3) is 7.47. The molecule has 0 spiro atoms. The highest BCUT2D eigenvalue weighted by molar-refractivity contribution is 6.30. The van der Waals surface area contributed by atoms with Gasteiger partial charge in [-0.15, -0.1) is 0 Å². The van der Waals surface area contributed by atoms with E-state index in [0.29, 0.717) is 31.5 Å². The van der Waals surface area contributed by atoms with Crippen molar-refractivity contribution in [1.29, 1.82) is 0 Å². The maximum atomic E-state index is 14.5. The van der Waals surface area contributed by atoms with Gasteiger partial charge in [-0.25, -0.2) is 18.4 Å². The maximum absolute atomic E-state index is 14.5. The number of amides is 3. The quantitative estimate of drug-likeness (QED) is 0.421. The van der Waals surface area contributed by atoms with Gasteiger partial charge in [-0.3, -0.25) is 4.79 Å². The largest absolute Gasteiger partial charge is 0.444 e. The Kier molecular flexibility index (Phi) is 9.41. The number of likely N-dealkylation sites (N-methyl/N-ethyl adjacent to an activating group) is 1. The van der Waals surface area contributed by atoms with Crippen LogP contribution < -0.4 is 4.74 Å². The van der Waals surface area contributed by atoms with Crippen LogP contribution in [0.15, 0.2) is 42.5 Å². The van der Waals surface area contributed by atoms with Crippen LogP contribution in [0.4, 0.5) is 18.4 Å². The molecule has 0 N–H and O–H groups in total. The molecule has 11 heteroatoms. The molecule has 0 bridgehead atoms. The van der Waals surface area contributed by atoms with Crippen molar-refractivity contribution in [3.05, 3.63) is 64.7 Å². The van der Waals surface area contributed by atoms with Crippen LogP contribution in [0.1, 0.15) is 52.0 Å². The Morgan fingerprint density at radius 2 is 1.66 bits per heavy atom. The molecule has 2 heterocycles. The van der Waals surface area contributed by atoms with E-state index in [1.54, 1.807) is 22.8 Å². The Balaban J connectivity index is 1.50. The van der Waals surface area contributed by atoms with Gasteiger partial charge >= 0.3 is 12.2 Å². The van der Waals surface area contributed by atoms with Crippen LogP contribution in [-0.2, 0) is 9.53 Å². The van der Waals surface area contributed by atoms with E-state index in [4.69, 9.17) is 21.1 Å². The molecule has 41 heavy (non-hydrogen) atoms. The van der Waals surface area contributed by atoms with E-state index in [1.165, 1.54) is 41.3 Å². The normalized spacial score (nSPS) is 19.7. The van der Waals surface area contributed by atoms with Gasteiger partial charge in [0.2, 0.25) is 5.91 Å². The zero-order valence-electron chi connectivity index (χ0n) is 23.7. The lowest BCUT2D eigenvalue weighted by Crippen LogP contribution is -2.47. The van der Waals surface area contributed by atoms with Gasteiger partial charge in [0.05, 0.1) is 11.1 Å². The topological polar surface area (TPSA) is 79.4 Å². The summed E-state index contributed by atoms with van der Waals surface area (Å²) in [5.41, 5.74) is 0.00739. The molecule has 0 aliphatic carbocycles. The molecule has 0 radical (unpaired) electrons. The summed E-state index contributed by atoms with van der Waals surface area (Å²) < 4.78 is 38.8. The van der Waals surface area contributed by atoms with Crippen molar-refractivity contribution in [2.45, 2.75) is 58.1 Å². The summed E-state index contributed by atoms with van der Waals surface area (Å²) in [4.78, 5) is 44.2. The number of halogens is 3. The summed E-state index contributed by atoms with van der Waals surface area (Å²) in [6.07, 6.45) is -0.0658. The van der Waals surface area contributed by atoms with Crippen LogP contribution in [0.3, 0.4) is 0 Å². The van der Waals surface area contributed by atoms with Crippen molar-refractivity contribution >= 4 is 29.7 Å². The predicted octanol–water partition coefficient (Wildman–Crippen LogP) is 6.08. The Labute approximate surface area is 244 Å². The van der Waals surface area contributed by atoms with Crippen molar-refractivity contribution < 1.29 is 32.6 Å². The Bertz CT molecular complexity index is 1260. The lowest BCUT2D eigenvalue weighted by molar-refractivity contribution is -0.136. The molecule has 2 aromatic rings. The van der Waals surface area contributed by atoms with Crippen LogP contribution in [-0.4, -0.2) is 77.2 Å². The second-order valence-electron chi connectivity index (χ2n) is 11.4. The molecule has 3 amide bonds. The van der Waals surface area contributed by atoms with Gasteiger partial charge in [-0.05, 0) is 82.5 Å². The summed E-state index contributed by atoms with van der Waals surface area (Å²) >= 11 is 5.93. The SMILES string of the molecule is CCN(C(=O)Oc1ccc(F)cc1)[C@@H]1CN(C(=O)C2CCN(C(=O)OC(C)(C)C)CC2)C[C@H]1c1ccc(Cl)c(F)c1. The number of nitrogens with zero attached hydrogens (tertiary/aromatic N) is 3. The molecular weight excluding hydrogens is 556 g/mol. The second kappa shape index (κ2) is 12.6. The highest BCUT2D eigenvalue weighted by Gasteiger charge is 2.43. The van der Waals surface area contributed by atoms with Crippen molar-refractivity contribution in [3.63, 3.8) is 0 Å². The van der Waals surface area contributed by atoms with E-state index < -0.39 is 41.4 Å². The first-order valence-corrected chi connectivity index (χ1v) is 14.2. The summed E-state index contributed by atoms with van der Waals surface area (Å²) in [7, 11) is 0.